The van der Waals surface area contributed by atoms with Crippen LogP contribution in [0.5, 0.6) is 17.2 Å². The SMILES string of the molecule is CCOc1ccccc1OC(=O)c1ccc(NC2=C(Cl)C(=O)N(c3cccc(OC)c3)C2=O)cc1. The zero-order valence-electron chi connectivity index (χ0n) is 18.9. The molecule has 0 aromatic heterocycles. The average Bonchev–Trinajstić information content (AvgIpc) is 3.08. The number of amides is 2. The lowest BCUT2D eigenvalue weighted by Gasteiger charge is -2.16. The highest BCUT2D eigenvalue weighted by atomic mass is 35.5. The second-order valence-corrected chi connectivity index (χ2v) is 7.69. The number of imide groups is 1. The van der Waals surface area contributed by atoms with Crippen molar-refractivity contribution in [3.05, 3.63) is 89.1 Å². The minimum Gasteiger partial charge on any atom is -0.497 e. The van der Waals surface area contributed by atoms with Gasteiger partial charge in [-0.05, 0) is 55.5 Å². The Morgan fingerprint density at radius 3 is 2.34 bits per heavy atom. The molecular formula is C26H21ClN2O6. The number of ether oxygens (including phenoxy) is 3. The Hall–Kier alpha value is -4.30. The molecule has 4 rings (SSSR count). The van der Waals surface area contributed by atoms with Crippen LogP contribution in [0, 0.1) is 0 Å². The van der Waals surface area contributed by atoms with E-state index in [4.69, 9.17) is 25.8 Å². The third kappa shape index (κ3) is 4.97. The number of halogens is 1. The van der Waals surface area contributed by atoms with Crippen LogP contribution in [-0.4, -0.2) is 31.5 Å². The van der Waals surface area contributed by atoms with Gasteiger partial charge in [0.1, 0.15) is 16.5 Å². The first-order valence-corrected chi connectivity index (χ1v) is 11.0. The lowest BCUT2D eigenvalue weighted by Crippen LogP contribution is -2.32. The summed E-state index contributed by atoms with van der Waals surface area (Å²) in [6.07, 6.45) is 0. The van der Waals surface area contributed by atoms with Crippen molar-refractivity contribution in [2.24, 2.45) is 0 Å². The van der Waals surface area contributed by atoms with Crippen molar-refractivity contribution in [3.63, 3.8) is 0 Å². The number of hydrogen-bond donors (Lipinski definition) is 1. The molecule has 1 heterocycles. The summed E-state index contributed by atoms with van der Waals surface area (Å²) in [5.41, 5.74) is 1.01. The first-order chi connectivity index (χ1) is 16.9. The quantitative estimate of drug-likeness (QED) is 0.275. The molecule has 3 aromatic rings. The van der Waals surface area contributed by atoms with Crippen molar-refractivity contribution in [1.82, 2.24) is 0 Å². The molecule has 0 spiro atoms. The zero-order valence-corrected chi connectivity index (χ0v) is 19.7. The van der Waals surface area contributed by atoms with Crippen LogP contribution in [0.25, 0.3) is 0 Å². The molecule has 0 radical (unpaired) electrons. The van der Waals surface area contributed by atoms with Crippen molar-refractivity contribution in [2.75, 3.05) is 23.9 Å². The number of carbonyl (C=O) groups is 3. The molecule has 178 valence electrons. The van der Waals surface area contributed by atoms with Crippen molar-refractivity contribution in [3.8, 4) is 17.2 Å². The molecule has 0 unspecified atom stereocenters. The number of rotatable bonds is 8. The number of esters is 1. The van der Waals surface area contributed by atoms with Crippen LogP contribution in [0.1, 0.15) is 17.3 Å². The highest BCUT2D eigenvalue weighted by Gasteiger charge is 2.39. The van der Waals surface area contributed by atoms with Gasteiger partial charge in [0.15, 0.2) is 11.5 Å². The molecule has 35 heavy (non-hydrogen) atoms. The van der Waals surface area contributed by atoms with Crippen molar-refractivity contribution < 1.29 is 28.6 Å². The molecule has 1 aliphatic heterocycles. The van der Waals surface area contributed by atoms with E-state index < -0.39 is 17.8 Å². The first kappa shape index (κ1) is 23.8. The van der Waals surface area contributed by atoms with Gasteiger partial charge in [-0.2, -0.15) is 0 Å². The first-order valence-electron chi connectivity index (χ1n) is 10.7. The van der Waals surface area contributed by atoms with Crippen LogP contribution in [0.15, 0.2) is 83.5 Å². The van der Waals surface area contributed by atoms with Gasteiger partial charge in [-0.1, -0.05) is 29.8 Å². The third-order valence-electron chi connectivity index (χ3n) is 5.08. The Morgan fingerprint density at radius 2 is 1.66 bits per heavy atom. The Balaban J connectivity index is 1.48. The Labute approximate surface area is 206 Å². The van der Waals surface area contributed by atoms with Crippen molar-refractivity contribution in [1.29, 1.82) is 0 Å². The summed E-state index contributed by atoms with van der Waals surface area (Å²) < 4.78 is 16.1. The second kappa shape index (κ2) is 10.3. The molecule has 0 aliphatic carbocycles. The molecule has 8 nitrogen and oxygen atoms in total. The van der Waals surface area contributed by atoms with Crippen LogP contribution >= 0.6 is 11.6 Å². The van der Waals surface area contributed by atoms with E-state index in [1.165, 1.54) is 19.2 Å². The van der Waals surface area contributed by atoms with E-state index in [2.05, 4.69) is 5.32 Å². The number of para-hydroxylation sites is 2. The maximum absolute atomic E-state index is 13.0. The van der Waals surface area contributed by atoms with Gasteiger partial charge in [0.2, 0.25) is 0 Å². The molecular weight excluding hydrogens is 472 g/mol. The predicted octanol–water partition coefficient (Wildman–Crippen LogP) is 4.75. The summed E-state index contributed by atoms with van der Waals surface area (Å²) in [5, 5.41) is 2.63. The van der Waals surface area contributed by atoms with Crippen LogP contribution in [0.4, 0.5) is 11.4 Å². The summed E-state index contributed by atoms with van der Waals surface area (Å²) in [5.74, 6) is -0.562. The summed E-state index contributed by atoms with van der Waals surface area (Å²) in [7, 11) is 1.49. The van der Waals surface area contributed by atoms with Gasteiger partial charge in [-0.15, -0.1) is 0 Å². The van der Waals surface area contributed by atoms with Gasteiger partial charge in [0.25, 0.3) is 11.8 Å². The van der Waals surface area contributed by atoms with Gasteiger partial charge >= 0.3 is 5.97 Å². The van der Waals surface area contributed by atoms with Gasteiger partial charge in [0, 0.05) is 11.8 Å². The summed E-state index contributed by atoms with van der Waals surface area (Å²) in [4.78, 5) is 39.2. The van der Waals surface area contributed by atoms with Crippen molar-refractivity contribution >= 4 is 40.8 Å². The van der Waals surface area contributed by atoms with E-state index in [1.807, 2.05) is 6.92 Å². The van der Waals surface area contributed by atoms with Crippen LogP contribution in [0.3, 0.4) is 0 Å². The topological polar surface area (TPSA) is 94.2 Å². The Bertz CT molecular complexity index is 1320. The lowest BCUT2D eigenvalue weighted by atomic mass is 10.2. The minimum atomic E-state index is -0.652. The fourth-order valence-electron chi connectivity index (χ4n) is 3.40. The van der Waals surface area contributed by atoms with Crippen LogP contribution < -0.4 is 24.4 Å². The summed E-state index contributed by atoms with van der Waals surface area (Å²) >= 11 is 6.19. The van der Waals surface area contributed by atoms with Crippen molar-refractivity contribution in [2.45, 2.75) is 6.92 Å². The zero-order chi connectivity index (χ0) is 24.9. The molecule has 0 fully saturated rings. The molecule has 0 atom stereocenters. The number of nitrogens with zero attached hydrogens (tertiary/aromatic N) is 1. The van der Waals surface area contributed by atoms with Gasteiger partial charge in [-0.25, -0.2) is 9.69 Å². The number of anilines is 2. The van der Waals surface area contributed by atoms with Gasteiger partial charge in [-0.3, -0.25) is 9.59 Å². The molecule has 0 bridgehead atoms. The normalized spacial score (nSPS) is 13.2. The fraction of sp³-hybridized carbons (Fsp3) is 0.115. The molecule has 9 heteroatoms. The van der Waals surface area contributed by atoms with E-state index in [1.54, 1.807) is 60.7 Å². The number of methoxy groups -OCH3 is 1. The fourth-order valence-corrected chi connectivity index (χ4v) is 3.61. The highest BCUT2D eigenvalue weighted by Crippen LogP contribution is 2.32. The molecule has 1 aliphatic rings. The Morgan fingerprint density at radius 1 is 0.943 bits per heavy atom. The minimum absolute atomic E-state index is 0.0690. The monoisotopic (exact) mass is 492 g/mol. The molecule has 0 saturated carbocycles. The van der Waals surface area contributed by atoms with E-state index in [9.17, 15) is 14.4 Å². The maximum atomic E-state index is 13.0. The summed E-state index contributed by atoms with van der Waals surface area (Å²) in [6, 6.07) is 19.6. The number of carbonyl (C=O) groups excluding carboxylic acids is 3. The van der Waals surface area contributed by atoms with E-state index in [-0.39, 0.29) is 16.3 Å². The van der Waals surface area contributed by atoms with Crippen LogP contribution in [0.2, 0.25) is 0 Å². The molecule has 1 N–H and O–H groups in total. The Kier molecular flexibility index (Phi) is 7.03. The lowest BCUT2D eigenvalue weighted by molar-refractivity contribution is -0.120. The molecule has 0 saturated heterocycles. The van der Waals surface area contributed by atoms with E-state index in [0.29, 0.717) is 35.2 Å². The largest absolute Gasteiger partial charge is 0.497 e. The van der Waals surface area contributed by atoms with E-state index in [0.717, 1.165) is 4.90 Å². The number of benzene rings is 3. The van der Waals surface area contributed by atoms with Gasteiger partial charge in [0.05, 0.1) is 25.0 Å². The second-order valence-electron chi connectivity index (χ2n) is 7.31. The summed E-state index contributed by atoms with van der Waals surface area (Å²) in [6.45, 7) is 2.27. The average molecular weight is 493 g/mol. The van der Waals surface area contributed by atoms with E-state index >= 15 is 0 Å². The maximum Gasteiger partial charge on any atom is 0.343 e. The standard InChI is InChI=1S/C26H21ClN2O6/c1-3-34-20-9-4-5-10-21(20)35-26(32)16-11-13-17(14-12-16)28-23-22(27)24(30)29(25(23)31)18-7-6-8-19(15-18)33-2/h4-15,28H,3H2,1-2H3. The smallest absolute Gasteiger partial charge is 0.343 e. The number of nitrogens with one attached hydrogen (secondary N) is 1. The predicted molar refractivity (Wildman–Crippen MR) is 131 cm³/mol. The molecule has 2 amide bonds. The highest BCUT2D eigenvalue weighted by molar-refractivity contribution is 6.53. The third-order valence-corrected chi connectivity index (χ3v) is 5.43. The molecule has 3 aromatic carbocycles. The number of hydrogen-bond acceptors (Lipinski definition) is 7. The van der Waals surface area contributed by atoms with Crippen LogP contribution in [-0.2, 0) is 9.59 Å². The van der Waals surface area contributed by atoms with Gasteiger partial charge < -0.3 is 19.5 Å².